The molecule has 0 spiro atoms. The van der Waals surface area contributed by atoms with Crippen molar-refractivity contribution in [2.75, 3.05) is 20.1 Å². The summed E-state index contributed by atoms with van der Waals surface area (Å²) in [7, 11) is -2.16. The van der Waals surface area contributed by atoms with Crippen molar-refractivity contribution in [1.82, 2.24) is 14.9 Å². The van der Waals surface area contributed by atoms with Crippen LogP contribution < -0.4 is 10.0 Å². The molecular weight excluding hydrogens is 390 g/mol. The Morgan fingerprint density at radius 3 is 2.38 bits per heavy atom. The van der Waals surface area contributed by atoms with Crippen LogP contribution in [0.1, 0.15) is 28.8 Å². The first-order chi connectivity index (χ1) is 13.9. The molecule has 0 aliphatic carbocycles. The maximum Gasteiger partial charge on any atom is 0.317 e. The van der Waals surface area contributed by atoms with E-state index in [0.717, 1.165) is 0 Å². The zero-order chi connectivity index (χ0) is 20.9. The van der Waals surface area contributed by atoms with Gasteiger partial charge in [0, 0.05) is 31.1 Å². The first kappa shape index (κ1) is 21.0. The van der Waals surface area contributed by atoms with E-state index in [1.165, 1.54) is 19.2 Å². The predicted octanol–water partition coefficient (Wildman–Crippen LogP) is 2.40. The Hall–Kier alpha value is -2.71. The number of benzene rings is 2. The number of hydrogen-bond acceptors (Lipinski definition) is 4. The summed E-state index contributed by atoms with van der Waals surface area (Å²) in [6.45, 7) is 1.27. The van der Waals surface area contributed by atoms with E-state index < -0.39 is 10.0 Å². The lowest BCUT2D eigenvalue weighted by atomic mass is 9.89. The van der Waals surface area contributed by atoms with E-state index in [-0.39, 0.29) is 29.2 Å². The van der Waals surface area contributed by atoms with Crippen molar-refractivity contribution in [3.63, 3.8) is 0 Å². The van der Waals surface area contributed by atoms with Crippen molar-refractivity contribution in [2.45, 2.75) is 24.3 Å². The maximum absolute atomic E-state index is 12.6. The normalized spacial score (nSPS) is 15.1. The van der Waals surface area contributed by atoms with Gasteiger partial charge >= 0.3 is 6.03 Å². The third kappa shape index (κ3) is 5.21. The molecule has 2 aromatic rings. The summed E-state index contributed by atoms with van der Waals surface area (Å²) in [5.74, 6) is 0.0677. The van der Waals surface area contributed by atoms with E-state index in [2.05, 4.69) is 10.0 Å². The Bertz CT molecular complexity index is 968. The van der Waals surface area contributed by atoms with Gasteiger partial charge in [-0.25, -0.2) is 17.9 Å². The Labute approximate surface area is 171 Å². The molecule has 29 heavy (non-hydrogen) atoms. The van der Waals surface area contributed by atoms with Crippen LogP contribution in [0.25, 0.3) is 0 Å². The highest BCUT2D eigenvalue weighted by molar-refractivity contribution is 7.89. The van der Waals surface area contributed by atoms with E-state index in [4.69, 9.17) is 0 Å². The van der Waals surface area contributed by atoms with Crippen molar-refractivity contribution in [3.8, 4) is 0 Å². The fourth-order valence-corrected chi connectivity index (χ4v) is 4.21. The van der Waals surface area contributed by atoms with E-state index in [1.54, 1.807) is 17.0 Å². The first-order valence-corrected chi connectivity index (χ1v) is 11.0. The summed E-state index contributed by atoms with van der Waals surface area (Å²) >= 11 is 0. The zero-order valence-electron chi connectivity index (χ0n) is 16.3. The minimum atomic E-state index is -3.52. The average molecular weight is 416 g/mol. The number of hydrogen-bond donors (Lipinski definition) is 2. The number of nitrogens with zero attached hydrogens (tertiary/aromatic N) is 1. The summed E-state index contributed by atoms with van der Waals surface area (Å²) in [6.07, 6.45) is 1.27. The molecule has 1 heterocycles. The number of carbonyl (C=O) groups excluding carboxylic acids is 2. The van der Waals surface area contributed by atoms with Gasteiger partial charge in [0.2, 0.25) is 10.0 Å². The molecule has 2 aromatic carbocycles. The Kier molecular flexibility index (Phi) is 6.66. The molecule has 0 radical (unpaired) electrons. The highest BCUT2D eigenvalue weighted by atomic mass is 32.2. The molecule has 0 saturated carbocycles. The van der Waals surface area contributed by atoms with Gasteiger partial charge in [-0.15, -0.1) is 0 Å². The number of urea groups is 1. The second-order valence-electron chi connectivity index (χ2n) is 7.01. The molecule has 1 fully saturated rings. The van der Waals surface area contributed by atoms with Gasteiger partial charge in [-0.05, 0) is 37.6 Å². The quantitative estimate of drug-likeness (QED) is 0.708. The smallest absolute Gasteiger partial charge is 0.317 e. The minimum Gasteiger partial charge on any atom is -0.334 e. The van der Waals surface area contributed by atoms with E-state index in [0.29, 0.717) is 37.1 Å². The minimum absolute atomic E-state index is 0.0649. The second kappa shape index (κ2) is 9.19. The van der Waals surface area contributed by atoms with Gasteiger partial charge in [-0.2, -0.15) is 0 Å². The van der Waals surface area contributed by atoms with E-state index in [1.807, 2.05) is 30.3 Å². The van der Waals surface area contributed by atoms with Crippen molar-refractivity contribution in [1.29, 1.82) is 0 Å². The summed E-state index contributed by atoms with van der Waals surface area (Å²) in [5.41, 5.74) is 1.41. The van der Waals surface area contributed by atoms with Crippen molar-refractivity contribution < 1.29 is 18.0 Å². The highest BCUT2D eigenvalue weighted by Crippen LogP contribution is 2.22. The van der Waals surface area contributed by atoms with Gasteiger partial charge in [-0.3, -0.25) is 4.79 Å². The lowest BCUT2D eigenvalue weighted by molar-refractivity contribution is 0.0854. The number of likely N-dealkylation sites (tertiary alicyclic amines) is 1. The lowest BCUT2D eigenvalue weighted by Crippen LogP contribution is -2.45. The number of nitrogens with one attached hydrogen (secondary N) is 2. The summed E-state index contributed by atoms with van der Waals surface area (Å²) < 4.78 is 26.1. The van der Waals surface area contributed by atoms with Crippen LogP contribution in [0.5, 0.6) is 0 Å². The number of sulfonamides is 1. The van der Waals surface area contributed by atoms with Gasteiger partial charge in [0.15, 0.2) is 5.78 Å². The standard InChI is InChI=1S/C21H25N3O4S/c1-22-29(27,28)19-9-5-6-16(14-19)15-23-21(26)24-12-10-18(11-13-24)20(25)17-7-3-2-4-8-17/h2-9,14,18,22H,10-13,15H2,1H3,(H,23,26). The fraction of sp³-hybridized carbons (Fsp3) is 0.333. The molecule has 154 valence electrons. The number of ketones is 1. The molecular formula is C21H25N3O4S. The summed E-state index contributed by atoms with van der Waals surface area (Å²) in [6, 6.07) is 15.5. The molecule has 0 aromatic heterocycles. The maximum atomic E-state index is 12.6. The van der Waals surface area contributed by atoms with Gasteiger partial charge in [-0.1, -0.05) is 42.5 Å². The molecule has 1 aliphatic rings. The van der Waals surface area contributed by atoms with Gasteiger partial charge in [0.1, 0.15) is 0 Å². The molecule has 1 saturated heterocycles. The van der Waals surface area contributed by atoms with Gasteiger partial charge in [0.25, 0.3) is 0 Å². The molecule has 2 amide bonds. The Balaban J connectivity index is 1.52. The number of piperidine rings is 1. The number of carbonyl (C=O) groups is 2. The van der Waals surface area contributed by atoms with Crippen LogP contribution in [0.3, 0.4) is 0 Å². The van der Waals surface area contributed by atoms with Crippen LogP contribution in [0.15, 0.2) is 59.5 Å². The van der Waals surface area contributed by atoms with Crippen molar-refractivity contribution in [2.24, 2.45) is 5.92 Å². The molecule has 1 aliphatic heterocycles. The number of Topliss-reactive ketones (excluding diaryl/α,β-unsaturated/α-hetero) is 1. The topological polar surface area (TPSA) is 95.6 Å². The van der Waals surface area contributed by atoms with Crippen LogP contribution >= 0.6 is 0 Å². The third-order valence-corrected chi connectivity index (χ3v) is 6.54. The number of amides is 2. The Morgan fingerprint density at radius 2 is 1.72 bits per heavy atom. The molecule has 7 nitrogen and oxygen atoms in total. The second-order valence-corrected chi connectivity index (χ2v) is 8.89. The molecule has 3 rings (SSSR count). The number of rotatable bonds is 6. The largest absolute Gasteiger partial charge is 0.334 e. The predicted molar refractivity (Wildman–Crippen MR) is 110 cm³/mol. The van der Waals surface area contributed by atoms with Crippen molar-refractivity contribution >= 4 is 21.8 Å². The van der Waals surface area contributed by atoms with E-state index in [9.17, 15) is 18.0 Å². The Morgan fingerprint density at radius 1 is 1.03 bits per heavy atom. The lowest BCUT2D eigenvalue weighted by Gasteiger charge is -2.31. The van der Waals surface area contributed by atoms with E-state index >= 15 is 0 Å². The van der Waals surface area contributed by atoms with Crippen LogP contribution in [0.2, 0.25) is 0 Å². The molecule has 0 atom stereocenters. The van der Waals surface area contributed by atoms with Crippen LogP contribution in [-0.4, -0.2) is 45.3 Å². The molecule has 0 bridgehead atoms. The highest BCUT2D eigenvalue weighted by Gasteiger charge is 2.27. The van der Waals surface area contributed by atoms with Gasteiger partial charge < -0.3 is 10.2 Å². The average Bonchev–Trinajstić information content (AvgIpc) is 2.78. The van der Waals surface area contributed by atoms with Crippen molar-refractivity contribution in [3.05, 3.63) is 65.7 Å². The molecule has 2 N–H and O–H groups in total. The summed E-state index contributed by atoms with van der Waals surface area (Å²) in [4.78, 5) is 26.9. The van der Waals surface area contributed by atoms with Crippen LogP contribution in [0, 0.1) is 5.92 Å². The van der Waals surface area contributed by atoms with Gasteiger partial charge in [0.05, 0.1) is 4.90 Å². The molecule has 0 unspecified atom stereocenters. The zero-order valence-corrected chi connectivity index (χ0v) is 17.1. The monoisotopic (exact) mass is 415 g/mol. The fourth-order valence-electron chi connectivity index (χ4n) is 3.41. The SMILES string of the molecule is CNS(=O)(=O)c1cccc(CNC(=O)N2CCC(C(=O)c3ccccc3)CC2)c1. The third-order valence-electron chi connectivity index (χ3n) is 5.13. The molecule has 8 heteroatoms. The first-order valence-electron chi connectivity index (χ1n) is 9.55. The van der Waals surface area contributed by atoms with Crippen LogP contribution in [0.4, 0.5) is 4.79 Å². The van der Waals surface area contributed by atoms with Crippen LogP contribution in [-0.2, 0) is 16.6 Å². The summed E-state index contributed by atoms with van der Waals surface area (Å²) in [5, 5.41) is 2.83.